The second-order valence-electron chi connectivity index (χ2n) is 7.55. The Labute approximate surface area is 179 Å². The van der Waals surface area contributed by atoms with Crippen LogP contribution >= 0.6 is 0 Å². The van der Waals surface area contributed by atoms with E-state index in [1.54, 1.807) is 0 Å². The number of hydrogen-bond donors (Lipinski definition) is 0. The summed E-state index contributed by atoms with van der Waals surface area (Å²) in [5.74, 6) is 1.01. The maximum atomic E-state index is 15.3. The summed E-state index contributed by atoms with van der Waals surface area (Å²) in [4.78, 5) is 0. The Hall–Kier alpha value is -3.01. The molecule has 0 unspecified atom stereocenters. The van der Waals surface area contributed by atoms with E-state index in [2.05, 4.69) is 0 Å². The molecule has 0 spiro atoms. The fraction of sp³-hybridized carbons (Fsp3) is 0.0769. The first kappa shape index (κ1) is 20.3. The van der Waals surface area contributed by atoms with Crippen molar-refractivity contribution in [3.05, 3.63) is 120 Å². The van der Waals surface area contributed by atoms with Gasteiger partial charge in [0, 0.05) is 0 Å². The van der Waals surface area contributed by atoms with Crippen molar-refractivity contribution in [1.29, 1.82) is 0 Å². The average molecular weight is 432 g/mol. The third kappa shape index (κ3) is 3.87. The van der Waals surface area contributed by atoms with Gasteiger partial charge in [0.2, 0.25) is 0 Å². The van der Waals surface area contributed by atoms with Crippen LogP contribution in [0.3, 0.4) is 0 Å². The van der Waals surface area contributed by atoms with Gasteiger partial charge in [-0.1, -0.05) is 0 Å². The van der Waals surface area contributed by atoms with Crippen LogP contribution in [0.2, 0.25) is 0 Å². The summed E-state index contributed by atoms with van der Waals surface area (Å²) in [5.41, 5.74) is 2.19. The van der Waals surface area contributed by atoms with Crippen LogP contribution in [0.1, 0.15) is 11.1 Å². The van der Waals surface area contributed by atoms with E-state index in [-0.39, 0.29) is 0 Å². The van der Waals surface area contributed by atoms with E-state index in [4.69, 9.17) is 6.64 Å². The molecule has 3 nitrogen and oxygen atoms in total. The van der Waals surface area contributed by atoms with Crippen LogP contribution in [0.25, 0.3) is 0 Å². The normalized spacial score (nSPS) is 11.7. The van der Waals surface area contributed by atoms with E-state index in [0.29, 0.717) is 19.2 Å². The molecule has 0 N–H and O–H groups in total. The summed E-state index contributed by atoms with van der Waals surface area (Å²) < 4.78 is 29.4. The Kier molecular flexibility index (Phi) is 5.42. The molecule has 0 atom stereocenters. The van der Waals surface area contributed by atoms with Crippen LogP contribution in [0.4, 0.5) is 0 Å². The Morgan fingerprint density at radius 1 is 0.500 bits per heavy atom. The van der Waals surface area contributed by atoms with Gasteiger partial charge in [0.15, 0.2) is 0 Å². The molecule has 0 saturated carbocycles. The summed E-state index contributed by atoms with van der Waals surface area (Å²) in [6.07, 6.45) is 0. The third-order valence-corrected chi connectivity index (χ3v) is 11.2. The van der Waals surface area contributed by atoms with E-state index < -0.39 is 16.1 Å². The molecule has 4 heteroatoms. The van der Waals surface area contributed by atoms with Gasteiger partial charge in [-0.2, -0.15) is 0 Å². The first-order valence-electron chi connectivity index (χ1n) is 9.98. The molecule has 0 radical (unpaired) electrons. The number of benzene rings is 4. The predicted octanol–water partition coefficient (Wildman–Crippen LogP) is 5.28. The first-order valence-corrected chi connectivity index (χ1v) is 13.5. The molecule has 0 bridgehead atoms. The maximum absolute atomic E-state index is 15.3. The van der Waals surface area contributed by atoms with Gasteiger partial charge in [-0.3, -0.25) is 0 Å². The molecule has 0 fully saturated rings. The van der Waals surface area contributed by atoms with Gasteiger partial charge < -0.3 is 0 Å². The van der Waals surface area contributed by atoms with Crippen LogP contribution in [0.5, 0.6) is 11.5 Å². The zero-order valence-electron chi connectivity index (χ0n) is 17.1. The molecule has 4 rings (SSSR count). The molecule has 0 aliphatic carbocycles. The molecule has 150 valence electrons. The van der Waals surface area contributed by atoms with Crippen LogP contribution in [0.15, 0.2) is 109 Å². The second-order valence-corrected chi connectivity index (χ2v) is 13.1. The van der Waals surface area contributed by atoms with Crippen LogP contribution in [0, 0.1) is 13.8 Å². The molecular weight excluding hydrogens is 408 g/mol. The Morgan fingerprint density at radius 2 is 0.833 bits per heavy atom. The minimum atomic E-state index is -5.75. The molecule has 0 aliphatic heterocycles. The third-order valence-electron chi connectivity index (χ3n) is 5.19. The SMILES string of the molecule is Cc1ccc([O][Ti](=[O])([O]c2ccc(C)cc2)([c]2ccccc2)[c]2ccccc2)cc1. The van der Waals surface area contributed by atoms with Gasteiger partial charge >= 0.3 is 179 Å². The van der Waals surface area contributed by atoms with Crippen LogP contribution in [-0.2, 0) is 19.4 Å². The molecule has 0 aliphatic rings. The number of hydrogen-bond acceptors (Lipinski definition) is 3. The van der Waals surface area contributed by atoms with Crippen LogP contribution < -0.4 is 14.4 Å². The van der Waals surface area contributed by atoms with E-state index >= 15 is 3.32 Å². The van der Waals surface area contributed by atoms with Gasteiger partial charge in [0.05, 0.1) is 0 Å². The summed E-state index contributed by atoms with van der Waals surface area (Å²) in [5, 5.41) is 0. The van der Waals surface area contributed by atoms with Gasteiger partial charge in [0.25, 0.3) is 0 Å². The minimum absolute atomic E-state index is 0.507. The van der Waals surface area contributed by atoms with Gasteiger partial charge in [-0.15, -0.1) is 0 Å². The van der Waals surface area contributed by atoms with Crippen molar-refractivity contribution >= 4 is 7.74 Å². The fourth-order valence-electron chi connectivity index (χ4n) is 3.52. The molecule has 0 amide bonds. The topological polar surface area (TPSA) is 35.5 Å². The van der Waals surface area contributed by atoms with E-state index in [0.717, 1.165) is 11.1 Å². The summed E-state index contributed by atoms with van der Waals surface area (Å²) in [7, 11) is 0. The number of aryl methyl sites for hydroxylation is 2. The zero-order valence-corrected chi connectivity index (χ0v) is 18.7. The Bertz CT molecular complexity index is 1090. The summed E-state index contributed by atoms with van der Waals surface area (Å²) in [6.45, 7) is 4.01. The summed E-state index contributed by atoms with van der Waals surface area (Å²) >= 11 is -5.75. The number of rotatable bonds is 6. The van der Waals surface area contributed by atoms with Crippen LogP contribution in [-0.4, -0.2) is 0 Å². The quantitative estimate of drug-likeness (QED) is 0.389. The molecular formula is C26H24O3Ti. The van der Waals surface area contributed by atoms with Crippen molar-refractivity contribution in [3.8, 4) is 11.5 Å². The Balaban J connectivity index is 1.98. The fourth-order valence-corrected chi connectivity index (χ4v) is 9.00. The van der Waals surface area contributed by atoms with Crippen molar-refractivity contribution < 1.29 is 26.0 Å². The zero-order chi connectivity index (χ0) is 21.1. The van der Waals surface area contributed by atoms with Crippen molar-refractivity contribution in [2.24, 2.45) is 0 Å². The van der Waals surface area contributed by atoms with Gasteiger partial charge in [-0.25, -0.2) is 0 Å². The monoisotopic (exact) mass is 432 g/mol. The molecule has 4 aromatic rings. The standard InChI is InChI=1S/2C7H8O.2C6H5.O.Ti/c2*1-6-2-4-7(8)5-3-6;2*1-2-4-6-5-3-1;;/h2*2-5,8H,1H3;2*1-5H;;/q;;;;;+2/p-2. The predicted molar refractivity (Wildman–Crippen MR) is 116 cm³/mol. The van der Waals surface area contributed by atoms with E-state index in [1.165, 1.54) is 0 Å². The molecule has 30 heavy (non-hydrogen) atoms. The van der Waals surface area contributed by atoms with Crippen molar-refractivity contribution in [1.82, 2.24) is 0 Å². The van der Waals surface area contributed by atoms with Gasteiger partial charge in [-0.05, 0) is 0 Å². The van der Waals surface area contributed by atoms with Crippen molar-refractivity contribution in [2.75, 3.05) is 0 Å². The summed E-state index contributed by atoms with van der Waals surface area (Å²) in [6, 6.07) is 33.6. The molecule has 0 heterocycles. The van der Waals surface area contributed by atoms with Crippen molar-refractivity contribution in [2.45, 2.75) is 13.8 Å². The molecule has 4 aromatic carbocycles. The van der Waals surface area contributed by atoms with E-state index in [1.807, 2.05) is 123 Å². The molecule has 0 saturated heterocycles. The van der Waals surface area contributed by atoms with Gasteiger partial charge in [0.1, 0.15) is 0 Å². The second kappa shape index (κ2) is 8.02. The van der Waals surface area contributed by atoms with E-state index in [9.17, 15) is 0 Å². The molecule has 0 aromatic heterocycles. The van der Waals surface area contributed by atoms with Crippen molar-refractivity contribution in [3.63, 3.8) is 0 Å². The Morgan fingerprint density at radius 3 is 1.17 bits per heavy atom. The average Bonchev–Trinajstić information content (AvgIpc) is 2.78. The first-order chi connectivity index (χ1) is 14.5.